The summed E-state index contributed by atoms with van der Waals surface area (Å²) in [5.74, 6) is 0.410. The maximum absolute atomic E-state index is 12.1. The van der Waals surface area contributed by atoms with E-state index >= 15 is 0 Å². The van der Waals surface area contributed by atoms with Gasteiger partial charge in [0.2, 0.25) is 5.88 Å². The lowest BCUT2D eigenvalue weighted by molar-refractivity contribution is -0.112. The summed E-state index contributed by atoms with van der Waals surface area (Å²) in [6.07, 6.45) is 2.01. The monoisotopic (exact) mass is 298 g/mol. The standard InChI is InChI=1S/C16H11ClN2O2/c17-10-3-1-9(2-4-10)13-11-6-8-21-16(11)19-14-12(20)5-7-18-15(13)14/h1-4,6,8,13H,5,7H2. The van der Waals surface area contributed by atoms with Crippen LogP contribution in [0.4, 0.5) is 5.88 Å². The lowest BCUT2D eigenvalue weighted by Gasteiger charge is -2.26. The number of hydrogen-bond donors (Lipinski definition) is 0. The summed E-state index contributed by atoms with van der Waals surface area (Å²) in [5, 5.41) is 0.678. The lowest BCUT2D eigenvalue weighted by Crippen LogP contribution is -2.35. The Kier molecular flexibility index (Phi) is 2.79. The Morgan fingerprint density at radius 2 is 2.00 bits per heavy atom. The van der Waals surface area contributed by atoms with Gasteiger partial charge in [0, 0.05) is 23.6 Å². The Labute approximate surface area is 126 Å². The first-order valence-corrected chi connectivity index (χ1v) is 7.11. The van der Waals surface area contributed by atoms with Crippen LogP contribution in [-0.4, -0.2) is 23.8 Å². The van der Waals surface area contributed by atoms with Crippen molar-refractivity contribution in [2.45, 2.75) is 12.3 Å². The molecule has 2 aliphatic rings. The number of halogens is 1. The predicted molar refractivity (Wildman–Crippen MR) is 81.0 cm³/mol. The minimum atomic E-state index is -0.118. The Hall–Kier alpha value is -2.20. The molecule has 0 bridgehead atoms. The predicted octanol–water partition coefficient (Wildman–Crippen LogP) is 3.56. The van der Waals surface area contributed by atoms with E-state index in [2.05, 4.69) is 9.98 Å². The largest absolute Gasteiger partial charge is 0.446 e. The number of carbonyl (C=O) groups is 1. The molecular formula is C16H11ClN2O2. The number of hydrogen-bond acceptors (Lipinski definition) is 4. The van der Waals surface area contributed by atoms with Gasteiger partial charge in [0.25, 0.3) is 0 Å². The smallest absolute Gasteiger partial charge is 0.223 e. The molecule has 3 heterocycles. The molecule has 0 spiro atoms. The van der Waals surface area contributed by atoms with Crippen molar-refractivity contribution in [2.24, 2.45) is 9.98 Å². The molecule has 0 saturated carbocycles. The number of fused-ring (bicyclic) bond motifs is 2. The molecule has 2 aromatic rings. The highest BCUT2D eigenvalue weighted by molar-refractivity contribution is 6.70. The molecule has 104 valence electrons. The van der Waals surface area contributed by atoms with E-state index in [9.17, 15) is 4.79 Å². The summed E-state index contributed by atoms with van der Waals surface area (Å²) in [4.78, 5) is 21.0. The van der Waals surface area contributed by atoms with Crippen molar-refractivity contribution in [3.05, 3.63) is 52.7 Å². The quantitative estimate of drug-likeness (QED) is 0.808. The van der Waals surface area contributed by atoms with E-state index in [4.69, 9.17) is 16.0 Å². The van der Waals surface area contributed by atoms with E-state index in [1.807, 2.05) is 30.3 Å². The van der Waals surface area contributed by atoms with Gasteiger partial charge in [0.15, 0.2) is 5.78 Å². The summed E-state index contributed by atoms with van der Waals surface area (Å²) in [6, 6.07) is 9.47. The second kappa shape index (κ2) is 4.67. The molecule has 4 rings (SSSR count). The summed E-state index contributed by atoms with van der Waals surface area (Å²) >= 11 is 5.96. The van der Waals surface area contributed by atoms with Gasteiger partial charge in [-0.2, -0.15) is 0 Å². The molecule has 1 aromatic heterocycles. The van der Waals surface area contributed by atoms with Crippen LogP contribution in [0.2, 0.25) is 5.02 Å². The minimum absolute atomic E-state index is 0.0287. The third-order valence-electron chi connectivity index (χ3n) is 3.80. The number of carbonyl (C=O) groups excluding carboxylic acids is 1. The zero-order chi connectivity index (χ0) is 14.4. The van der Waals surface area contributed by atoms with Gasteiger partial charge in [-0.15, -0.1) is 0 Å². The molecule has 0 saturated heterocycles. The molecule has 0 N–H and O–H groups in total. The van der Waals surface area contributed by atoms with Crippen LogP contribution in [-0.2, 0) is 4.79 Å². The van der Waals surface area contributed by atoms with Crippen LogP contribution < -0.4 is 0 Å². The average molecular weight is 299 g/mol. The van der Waals surface area contributed by atoms with E-state index in [1.165, 1.54) is 0 Å². The molecular weight excluding hydrogens is 288 g/mol. The summed E-state index contributed by atoms with van der Waals surface area (Å²) in [7, 11) is 0. The van der Waals surface area contributed by atoms with Crippen molar-refractivity contribution in [3.8, 4) is 0 Å². The second-order valence-electron chi connectivity index (χ2n) is 5.07. The summed E-state index contributed by atoms with van der Waals surface area (Å²) in [6.45, 7) is 0.518. The Morgan fingerprint density at radius 1 is 1.19 bits per heavy atom. The maximum Gasteiger partial charge on any atom is 0.223 e. The van der Waals surface area contributed by atoms with Crippen molar-refractivity contribution in [1.29, 1.82) is 0 Å². The van der Waals surface area contributed by atoms with Crippen molar-refractivity contribution >= 4 is 34.7 Å². The third kappa shape index (κ3) is 1.94. The lowest BCUT2D eigenvalue weighted by atomic mass is 9.82. The van der Waals surface area contributed by atoms with Gasteiger partial charge in [0.1, 0.15) is 5.71 Å². The molecule has 1 atom stereocenters. The molecule has 1 unspecified atom stereocenters. The van der Waals surface area contributed by atoms with Crippen LogP contribution in [0.3, 0.4) is 0 Å². The zero-order valence-electron chi connectivity index (χ0n) is 11.0. The minimum Gasteiger partial charge on any atom is -0.446 e. The number of aliphatic imine (C=N–C) groups is 2. The van der Waals surface area contributed by atoms with Gasteiger partial charge in [-0.05, 0) is 23.8 Å². The number of ketones is 1. The van der Waals surface area contributed by atoms with Crippen molar-refractivity contribution in [3.63, 3.8) is 0 Å². The van der Waals surface area contributed by atoms with Crippen LogP contribution in [0.5, 0.6) is 0 Å². The zero-order valence-corrected chi connectivity index (χ0v) is 11.8. The normalized spacial score (nSPS) is 20.4. The van der Waals surface area contributed by atoms with Gasteiger partial charge in [-0.25, -0.2) is 4.99 Å². The van der Waals surface area contributed by atoms with E-state index in [0.29, 0.717) is 29.6 Å². The van der Waals surface area contributed by atoms with Crippen LogP contribution in [0.1, 0.15) is 23.5 Å². The number of rotatable bonds is 1. The maximum atomic E-state index is 12.1. The number of benzene rings is 1. The van der Waals surface area contributed by atoms with Crippen molar-refractivity contribution in [2.75, 3.05) is 6.54 Å². The van der Waals surface area contributed by atoms with E-state index < -0.39 is 0 Å². The highest BCUT2D eigenvalue weighted by atomic mass is 35.5. The SMILES string of the molecule is O=C1CCN=C2C1=Nc1occc1C2c1ccc(Cl)cc1. The van der Waals surface area contributed by atoms with Gasteiger partial charge in [0.05, 0.1) is 17.9 Å². The topological polar surface area (TPSA) is 54.9 Å². The Morgan fingerprint density at radius 3 is 2.81 bits per heavy atom. The molecule has 0 aliphatic carbocycles. The van der Waals surface area contributed by atoms with Gasteiger partial charge < -0.3 is 4.42 Å². The highest BCUT2D eigenvalue weighted by Crippen LogP contribution is 2.39. The number of furan rings is 1. The highest BCUT2D eigenvalue weighted by Gasteiger charge is 2.36. The molecule has 1 aromatic carbocycles. The first kappa shape index (κ1) is 12.5. The third-order valence-corrected chi connectivity index (χ3v) is 4.06. The molecule has 2 aliphatic heterocycles. The fourth-order valence-electron chi connectivity index (χ4n) is 2.82. The molecule has 4 nitrogen and oxygen atoms in total. The Balaban J connectivity index is 1.93. The van der Waals surface area contributed by atoms with Crippen LogP contribution in [0.25, 0.3) is 0 Å². The van der Waals surface area contributed by atoms with Crippen LogP contribution in [0, 0.1) is 0 Å². The fraction of sp³-hybridized carbons (Fsp3) is 0.188. The molecule has 0 fully saturated rings. The Bertz CT molecular complexity index is 787. The van der Waals surface area contributed by atoms with Gasteiger partial charge >= 0.3 is 0 Å². The molecule has 0 radical (unpaired) electrons. The summed E-state index contributed by atoms with van der Waals surface area (Å²) in [5.41, 5.74) is 3.14. The average Bonchev–Trinajstić information content (AvgIpc) is 2.95. The molecule has 0 amide bonds. The van der Waals surface area contributed by atoms with E-state index in [-0.39, 0.29) is 11.7 Å². The first-order valence-electron chi connectivity index (χ1n) is 6.73. The molecule has 21 heavy (non-hydrogen) atoms. The second-order valence-corrected chi connectivity index (χ2v) is 5.50. The number of Topliss-reactive ketones (excluding diaryl/α,β-unsaturated/α-hetero) is 1. The molecule has 5 heteroatoms. The fourth-order valence-corrected chi connectivity index (χ4v) is 2.95. The van der Waals surface area contributed by atoms with Gasteiger partial charge in [-0.3, -0.25) is 9.79 Å². The van der Waals surface area contributed by atoms with Crippen molar-refractivity contribution in [1.82, 2.24) is 0 Å². The van der Waals surface area contributed by atoms with Crippen molar-refractivity contribution < 1.29 is 9.21 Å². The first-order chi connectivity index (χ1) is 10.2. The van der Waals surface area contributed by atoms with Gasteiger partial charge in [-0.1, -0.05) is 23.7 Å². The summed E-state index contributed by atoms with van der Waals surface area (Å²) < 4.78 is 5.41. The van der Waals surface area contributed by atoms with Crippen LogP contribution in [0.15, 0.2) is 51.0 Å². The van der Waals surface area contributed by atoms with E-state index in [0.717, 1.165) is 16.8 Å². The van der Waals surface area contributed by atoms with Crippen LogP contribution >= 0.6 is 11.6 Å². The van der Waals surface area contributed by atoms with E-state index in [1.54, 1.807) is 6.26 Å². The number of nitrogens with zero attached hydrogens (tertiary/aromatic N) is 2.